The number of halogens is 4. The molecule has 0 heterocycles. The van der Waals surface area contributed by atoms with Gasteiger partial charge in [-0.15, -0.1) is 0 Å². The lowest BCUT2D eigenvalue weighted by molar-refractivity contribution is -0.140. The highest BCUT2D eigenvalue weighted by Crippen LogP contribution is 2.32. The Morgan fingerprint density at radius 2 is 1.94 bits per heavy atom. The van der Waals surface area contributed by atoms with Gasteiger partial charge >= 0.3 is 6.18 Å². The molecule has 94 valence electrons. The van der Waals surface area contributed by atoms with Gasteiger partial charge in [0.25, 0.3) is 0 Å². The number of hydrogen-bond donors (Lipinski definition) is 1. The molecule has 0 radical (unpaired) electrons. The summed E-state index contributed by atoms with van der Waals surface area (Å²) in [5.41, 5.74) is 3.95. The summed E-state index contributed by atoms with van der Waals surface area (Å²) in [7, 11) is 0. The minimum absolute atomic E-state index is 0.0960. The molecule has 1 rings (SSSR count). The molecule has 0 aromatic heterocycles. The minimum atomic E-state index is -4.70. The number of carbonyl (C=O) groups excluding carboxylic acids is 1. The summed E-state index contributed by atoms with van der Waals surface area (Å²) in [6.07, 6.45) is -4.01. The Balaban J connectivity index is 2.79. The van der Waals surface area contributed by atoms with Crippen molar-refractivity contribution in [2.24, 2.45) is 5.73 Å². The van der Waals surface area contributed by atoms with E-state index in [9.17, 15) is 22.4 Å². The number of benzene rings is 1. The fourth-order valence-electron chi connectivity index (χ4n) is 1.41. The SMILES string of the molecule is NC(=O)CCCc1ccc(F)c(C(F)(F)F)c1. The molecule has 0 aliphatic rings. The van der Waals surface area contributed by atoms with E-state index in [-0.39, 0.29) is 12.8 Å². The summed E-state index contributed by atoms with van der Waals surface area (Å²) in [4.78, 5) is 10.5. The van der Waals surface area contributed by atoms with Gasteiger partial charge < -0.3 is 5.73 Å². The van der Waals surface area contributed by atoms with Crippen LogP contribution in [0.1, 0.15) is 24.0 Å². The molecule has 6 heteroatoms. The van der Waals surface area contributed by atoms with Gasteiger partial charge in [0.1, 0.15) is 5.82 Å². The number of hydrogen-bond acceptors (Lipinski definition) is 1. The Labute approximate surface area is 95.4 Å². The number of nitrogens with two attached hydrogens (primary N) is 1. The van der Waals surface area contributed by atoms with Gasteiger partial charge in [0.2, 0.25) is 5.91 Å². The van der Waals surface area contributed by atoms with Crippen molar-refractivity contribution in [3.05, 3.63) is 35.1 Å². The topological polar surface area (TPSA) is 43.1 Å². The fraction of sp³-hybridized carbons (Fsp3) is 0.364. The number of aryl methyl sites for hydroxylation is 1. The second-order valence-electron chi connectivity index (χ2n) is 3.63. The van der Waals surface area contributed by atoms with Crippen molar-refractivity contribution in [2.75, 3.05) is 0 Å². The molecule has 0 atom stereocenters. The summed E-state index contributed by atoms with van der Waals surface area (Å²) < 4.78 is 50.0. The molecule has 2 N–H and O–H groups in total. The Morgan fingerprint density at radius 3 is 2.47 bits per heavy atom. The van der Waals surface area contributed by atoms with Crippen molar-refractivity contribution in [1.29, 1.82) is 0 Å². The zero-order valence-electron chi connectivity index (χ0n) is 8.85. The van der Waals surface area contributed by atoms with Gasteiger partial charge in [0.05, 0.1) is 5.56 Å². The Morgan fingerprint density at radius 1 is 1.29 bits per heavy atom. The lowest BCUT2D eigenvalue weighted by Crippen LogP contribution is -2.11. The van der Waals surface area contributed by atoms with Gasteiger partial charge in [-0.05, 0) is 30.5 Å². The standard InChI is InChI=1S/C11H11F4NO/c12-9-5-4-7(2-1-3-10(16)17)6-8(9)11(13,14)15/h4-6H,1-3H2,(H2,16,17). The second-order valence-corrected chi connectivity index (χ2v) is 3.63. The third-order valence-corrected chi connectivity index (χ3v) is 2.22. The molecule has 2 nitrogen and oxygen atoms in total. The molecule has 1 aromatic carbocycles. The lowest BCUT2D eigenvalue weighted by atomic mass is 10.0. The molecule has 0 saturated heterocycles. The zero-order valence-corrected chi connectivity index (χ0v) is 8.85. The molecule has 17 heavy (non-hydrogen) atoms. The van der Waals surface area contributed by atoms with Crippen LogP contribution in [-0.4, -0.2) is 5.91 Å². The largest absolute Gasteiger partial charge is 0.419 e. The van der Waals surface area contributed by atoms with Gasteiger partial charge in [0.15, 0.2) is 0 Å². The van der Waals surface area contributed by atoms with Crippen LogP contribution in [0.15, 0.2) is 18.2 Å². The van der Waals surface area contributed by atoms with Gasteiger partial charge in [-0.1, -0.05) is 6.07 Å². The van der Waals surface area contributed by atoms with Crippen LogP contribution in [0.25, 0.3) is 0 Å². The molecule has 0 saturated carbocycles. The van der Waals surface area contributed by atoms with Crippen LogP contribution in [0.2, 0.25) is 0 Å². The fourth-order valence-corrected chi connectivity index (χ4v) is 1.41. The molecule has 1 aromatic rings. The van der Waals surface area contributed by atoms with Crippen LogP contribution in [-0.2, 0) is 17.4 Å². The van der Waals surface area contributed by atoms with E-state index in [0.717, 1.165) is 12.1 Å². The first-order valence-corrected chi connectivity index (χ1v) is 4.94. The van der Waals surface area contributed by atoms with E-state index < -0.39 is 23.5 Å². The van der Waals surface area contributed by atoms with Crippen LogP contribution in [0.3, 0.4) is 0 Å². The van der Waals surface area contributed by atoms with E-state index in [2.05, 4.69) is 0 Å². The molecular weight excluding hydrogens is 238 g/mol. The summed E-state index contributed by atoms with van der Waals surface area (Å²) in [5.74, 6) is -1.81. The molecule has 0 aliphatic carbocycles. The zero-order chi connectivity index (χ0) is 13.1. The van der Waals surface area contributed by atoms with Crippen LogP contribution >= 0.6 is 0 Å². The van der Waals surface area contributed by atoms with Crippen molar-refractivity contribution < 1.29 is 22.4 Å². The molecule has 0 unspecified atom stereocenters. The molecule has 0 bridgehead atoms. The predicted molar refractivity (Wildman–Crippen MR) is 53.5 cm³/mol. The average molecular weight is 249 g/mol. The smallest absolute Gasteiger partial charge is 0.370 e. The average Bonchev–Trinajstić information content (AvgIpc) is 2.18. The highest BCUT2D eigenvalue weighted by Gasteiger charge is 2.34. The number of primary amides is 1. The molecule has 0 spiro atoms. The van der Waals surface area contributed by atoms with Crippen LogP contribution in [0.4, 0.5) is 17.6 Å². The Kier molecular flexibility index (Phi) is 4.09. The minimum Gasteiger partial charge on any atom is -0.370 e. The van der Waals surface area contributed by atoms with Crippen LogP contribution in [0, 0.1) is 5.82 Å². The summed E-state index contributed by atoms with van der Waals surface area (Å²) in [6, 6.07) is 2.81. The van der Waals surface area contributed by atoms with Crippen molar-refractivity contribution in [2.45, 2.75) is 25.4 Å². The first-order valence-electron chi connectivity index (χ1n) is 4.94. The van der Waals surface area contributed by atoms with Crippen molar-refractivity contribution in [1.82, 2.24) is 0 Å². The maximum Gasteiger partial charge on any atom is 0.419 e. The highest BCUT2D eigenvalue weighted by molar-refractivity contribution is 5.73. The van der Waals surface area contributed by atoms with Gasteiger partial charge in [-0.2, -0.15) is 13.2 Å². The number of amides is 1. The monoisotopic (exact) mass is 249 g/mol. The van der Waals surface area contributed by atoms with E-state index in [1.165, 1.54) is 6.07 Å². The third kappa shape index (κ3) is 4.05. The third-order valence-electron chi connectivity index (χ3n) is 2.22. The van der Waals surface area contributed by atoms with Gasteiger partial charge in [-0.25, -0.2) is 4.39 Å². The summed E-state index contributed by atoms with van der Waals surface area (Å²) in [6.45, 7) is 0. The van der Waals surface area contributed by atoms with E-state index in [0.29, 0.717) is 12.0 Å². The number of alkyl halides is 3. The highest BCUT2D eigenvalue weighted by atomic mass is 19.4. The van der Waals surface area contributed by atoms with E-state index in [1.807, 2.05) is 0 Å². The van der Waals surface area contributed by atoms with Crippen molar-refractivity contribution >= 4 is 5.91 Å². The van der Waals surface area contributed by atoms with Gasteiger partial charge in [0, 0.05) is 6.42 Å². The lowest BCUT2D eigenvalue weighted by Gasteiger charge is -2.09. The first-order chi connectivity index (χ1) is 7.80. The van der Waals surface area contributed by atoms with E-state index in [4.69, 9.17) is 5.73 Å². The molecule has 1 amide bonds. The van der Waals surface area contributed by atoms with Gasteiger partial charge in [-0.3, -0.25) is 4.79 Å². The maximum absolute atomic E-state index is 12.9. The summed E-state index contributed by atoms with van der Waals surface area (Å²) in [5, 5.41) is 0. The predicted octanol–water partition coefficient (Wildman–Crippen LogP) is 2.65. The van der Waals surface area contributed by atoms with Crippen LogP contribution in [0.5, 0.6) is 0 Å². The van der Waals surface area contributed by atoms with Crippen molar-refractivity contribution in [3.63, 3.8) is 0 Å². The number of carbonyl (C=O) groups is 1. The summed E-state index contributed by atoms with van der Waals surface area (Å²) >= 11 is 0. The normalized spacial score (nSPS) is 11.5. The molecular formula is C11H11F4NO. The maximum atomic E-state index is 12.9. The first kappa shape index (κ1) is 13.5. The Bertz CT molecular complexity index is 414. The molecule has 0 fully saturated rings. The van der Waals surface area contributed by atoms with Crippen LogP contribution < -0.4 is 5.73 Å². The Hall–Kier alpha value is -1.59. The number of rotatable bonds is 4. The van der Waals surface area contributed by atoms with E-state index >= 15 is 0 Å². The second kappa shape index (κ2) is 5.16. The molecule has 0 aliphatic heterocycles. The van der Waals surface area contributed by atoms with E-state index in [1.54, 1.807) is 0 Å². The quantitative estimate of drug-likeness (QED) is 0.819. The van der Waals surface area contributed by atoms with Crippen molar-refractivity contribution in [3.8, 4) is 0 Å².